The fraction of sp³-hybridized carbons (Fsp3) is 0.438. The molecule has 0 spiro atoms. The Morgan fingerprint density at radius 3 is 2.64 bits per heavy atom. The number of amides is 1. The Labute approximate surface area is 155 Å². The summed E-state index contributed by atoms with van der Waals surface area (Å²) in [5, 5.41) is 7.95. The number of nitrogens with zero attached hydrogens (tertiary/aromatic N) is 6. The van der Waals surface area contributed by atoms with Gasteiger partial charge >= 0.3 is 11.9 Å². The molecule has 0 bridgehead atoms. The summed E-state index contributed by atoms with van der Waals surface area (Å²) in [6, 6.07) is 1.55. The number of aromatic nitrogens is 6. The van der Waals surface area contributed by atoms with E-state index in [1.54, 1.807) is 13.0 Å². The number of rotatable bonds is 2. The Morgan fingerprint density at radius 2 is 1.96 bits per heavy atom. The number of likely N-dealkylation sites (tertiary alicyclic amines) is 1. The minimum atomic E-state index is -4.24. The zero-order valence-electron chi connectivity index (χ0n) is 14.8. The Balaban J connectivity index is 1.58. The first-order chi connectivity index (χ1) is 13.3. The van der Waals surface area contributed by atoms with E-state index >= 15 is 0 Å². The smallest absolute Gasteiger partial charge is 0.339 e. The molecule has 1 saturated heterocycles. The third kappa shape index (κ3) is 3.04. The molecule has 0 aromatic carbocycles. The topological polar surface area (TPSA) is 101 Å². The lowest BCUT2D eigenvalue weighted by atomic mass is 9.96. The van der Waals surface area contributed by atoms with E-state index in [1.807, 2.05) is 0 Å². The molecule has 148 valence electrons. The van der Waals surface area contributed by atoms with E-state index in [2.05, 4.69) is 20.2 Å². The highest BCUT2D eigenvalue weighted by molar-refractivity contribution is 5.95. The number of carbonyl (C=O) groups is 1. The van der Waals surface area contributed by atoms with E-state index in [0.717, 1.165) is 4.52 Å². The lowest BCUT2D eigenvalue weighted by Crippen LogP contribution is -2.42. The van der Waals surface area contributed by atoms with Crippen LogP contribution >= 0.6 is 0 Å². The van der Waals surface area contributed by atoms with Crippen molar-refractivity contribution in [3.05, 3.63) is 40.2 Å². The van der Waals surface area contributed by atoms with Gasteiger partial charge in [0.15, 0.2) is 5.65 Å². The normalized spacial score (nSPS) is 16.1. The molecule has 12 heteroatoms. The molecule has 9 nitrogen and oxygen atoms in total. The van der Waals surface area contributed by atoms with Crippen LogP contribution in [0.15, 0.2) is 23.3 Å². The quantitative estimate of drug-likeness (QED) is 0.705. The van der Waals surface area contributed by atoms with Crippen molar-refractivity contribution in [3.8, 4) is 5.95 Å². The maximum absolute atomic E-state index is 12.8. The van der Waals surface area contributed by atoms with E-state index in [9.17, 15) is 22.8 Å². The minimum Gasteiger partial charge on any atom is -0.339 e. The highest BCUT2D eigenvalue weighted by Gasteiger charge is 2.42. The Morgan fingerprint density at radius 1 is 1.25 bits per heavy atom. The highest BCUT2D eigenvalue weighted by Crippen LogP contribution is 2.34. The van der Waals surface area contributed by atoms with Gasteiger partial charge in [0.05, 0.1) is 29.6 Å². The molecule has 4 heterocycles. The summed E-state index contributed by atoms with van der Waals surface area (Å²) in [5.74, 6) is -1.65. The van der Waals surface area contributed by atoms with E-state index < -0.39 is 23.7 Å². The molecule has 0 saturated carbocycles. The van der Waals surface area contributed by atoms with Crippen LogP contribution in [0.3, 0.4) is 0 Å². The second-order valence-electron chi connectivity index (χ2n) is 6.63. The highest BCUT2D eigenvalue weighted by atomic mass is 19.4. The number of fused-ring (bicyclic) bond motifs is 1. The number of hydrogen-bond acceptors (Lipinski definition) is 5. The van der Waals surface area contributed by atoms with E-state index in [-0.39, 0.29) is 37.4 Å². The monoisotopic (exact) mass is 395 g/mol. The third-order valence-corrected chi connectivity index (χ3v) is 4.94. The van der Waals surface area contributed by atoms with Crippen molar-refractivity contribution in [1.29, 1.82) is 0 Å². The van der Waals surface area contributed by atoms with Crippen LogP contribution in [0.4, 0.5) is 13.2 Å². The number of alkyl halides is 3. The van der Waals surface area contributed by atoms with Crippen molar-refractivity contribution >= 4 is 11.6 Å². The number of halogens is 3. The molecule has 1 aliphatic rings. The van der Waals surface area contributed by atoms with Gasteiger partial charge in [-0.1, -0.05) is 0 Å². The standard InChI is InChI=1S/C16H16F3N7O2/c1-9-11(13(27)24-6-3-10(4-7-24)16(17,18)19)8-21-25(9)14-22-12-2-5-20-26(12)15(28)23-14/h2,5,8,10H,3-4,6-7H2,1H3,(H,22,23,28). The molecule has 4 rings (SSSR count). The van der Waals surface area contributed by atoms with Crippen LogP contribution in [0.1, 0.15) is 28.9 Å². The van der Waals surface area contributed by atoms with E-state index in [4.69, 9.17) is 0 Å². The van der Waals surface area contributed by atoms with Crippen LogP contribution in [0.2, 0.25) is 0 Å². The number of H-pyrrole nitrogens is 1. The molecule has 1 N–H and O–H groups in total. The van der Waals surface area contributed by atoms with Gasteiger partial charge in [-0.2, -0.15) is 32.9 Å². The average Bonchev–Trinajstić information content (AvgIpc) is 3.27. The molecule has 3 aromatic heterocycles. The average molecular weight is 395 g/mol. The zero-order valence-corrected chi connectivity index (χ0v) is 14.8. The Bertz CT molecular complexity index is 1090. The molecular formula is C16H16F3N7O2. The Hall–Kier alpha value is -3.18. The van der Waals surface area contributed by atoms with Crippen LogP contribution in [0.5, 0.6) is 0 Å². The van der Waals surface area contributed by atoms with Crippen molar-refractivity contribution in [2.24, 2.45) is 5.92 Å². The van der Waals surface area contributed by atoms with Gasteiger partial charge in [-0.05, 0) is 19.8 Å². The van der Waals surface area contributed by atoms with Gasteiger partial charge in [0.2, 0.25) is 5.95 Å². The Kier molecular flexibility index (Phi) is 4.20. The van der Waals surface area contributed by atoms with Crippen LogP contribution in [-0.2, 0) is 0 Å². The minimum absolute atomic E-state index is 0.0322. The van der Waals surface area contributed by atoms with Crippen molar-refractivity contribution < 1.29 is 18.0 Å². The first kappa shape index (κ1) is 18.2. The van der Waals surface area contributed by atoms with Crippen molar-refractivity contribution in [3.63, 3.8) is 0 Å². The van der Waals surface area contributed by atoms with Crippen molar-refractivity contribution in [2.75, 3.05) is 13.1 Å². The molecule has 0 aliphatic carbocycles. The summed E-state index contributed by atoms with van der Waals surface area (Å²) < 4.78 is 40.8. The molecule has 28 heavy (non-hydrogen) atoms. The summed E-state index contributed by atoms with van der Waals surface area (Å²) in [6.07, 6.45) is -1.71. The number of carbonyl (C=O) groups excluding carboxylic acids is 1. The van der Waals surface area contributed by atoms with E-state index in [1.165, 1.54) is 22.0 Å². The van der Waals surface area contributed by atoms with Gasteiger partial charge in [-0.25, -0.2) is 9.48 Å². The predicted molar refractivity (Wildman–Crippen MR) is 90.1 cm³/mol. The summed E-state index contributed by atoms with van der Waals surface area (Å²) in [7, 11) is 0. The number of nitrogens with one attached hydrogen (secondary N) is 1. The maximum atomic E-state index is 12.8. The lowest BCUT2D eigenvalue weighted by molar-refractivity contribution is -0.183. The summed E-state index contributed by atoms with van der Waals surface area (Å²) in [4.78, 5) is 33.0. The van der Waals surface area contributed by atoms with Crippen LogP contribution < -0.4 is 5.69 Å². The zero-order chi connectivity index (χ0) is 20.1. The summed E-state index contributed by atoms with van der Waals surface area (Å²) in [5.41, 5.74) is 0.481. The maximum Gasteiger partial charge on any atom is 0.391 e. The molecule has 3 aromatic rings. The summed E-state index contributed by atoms with van der Waals surface area (Å²) in [6.45, 7) is 1.69. The molecule has 1 aliphatic heterocycles. The fourth-order valence-electron chi connectivity index (χ4n) is 3.34. The second kappa shape index (κ2) is 6.46. The fourth-order valence-corrected chi connectivity index (χ4v) is 3.34. The van der Waals surface area contributed by atoms with Gasteiger partial charge < -0.3 is 4.90 Å². The molecular weight excluding hydrogens is 379 g/mol. The first-order valence-electron chi connectivity index (χ1n) is 8.61. The third-order valence-electron chi connectivity index (χ3n) is 4.94. The predicted octanol–water partition coefficient (Wildman–Crippen LogP) is 1.33. The van der Waals surface area contributed by atoms with Gasteiger partial charge in [0.25, 0.3) is 5.91 Å². The molecule has 1 amide bonds. The SMILES string of the molecule is Cc1c(C(=O)N2CCC(C(F)(F)F)CC2)cnn1-c1nc2ccnn2c(=O)[nH]1. The molecule has 0 radical (unpaired) electrons. The number of aromatic amines is 1. The van der Waals surface area contributed by atoms with Crippen LogP contribution in [-0.4, -0.2) is 59.4 Å². The van der Waals surface area contributed by atoms with Crippen LogP contribution in [0, 0.1) is 12.8 Å². The number of hydrogen-bond donors (Lipinski definition) is 1. The number of piperidine rings is 1. The van der Waals surface area contributed by atoms with Crippen LogP contribution in [0.25, 0.3) is 11.6 Å². The van der Waals surface area contributed by atoms with E-state index in [0.29, 0.717) is 11.3 Å². The molecule has 1 fully saturated rings. The largest absolute Gasteiger partial charge is 0.391 e. The lowest BCUT2D eigenvalue weighted by Gasteiger charge is -2.32. The van der Waals surface area contributed by atoms with Gasteiger partial charge in [0.1, 0.15) is 0 Å². The molecule has 0 unspecified atom stereocenters. The van der Waals surface area contributed by atoms with Gasteiger partial charge in [-0.15, -0.1) is 0 Å². The summed E-state index contributed by atoms with van der Waals surface area (Å²) >= 11 is 0. The van der Waals surface area contributed by atoms with Gasteiger partial charge in [0, 0.05) is 19.2 Å². The van der Waals surface area contributed by atoms with Crippen molar-refractivity contribution in [1.82, 2.24) is 34.3 Å². The first-order valence-corrected chi connectivity index (χ1v) is 8.61. The van der Waals surface area contributed by atoms with Crippen molar-refractivity contribution in [2.45, 2.75) is 25.9 Å². The van der Waals surface area contributed by atoms with Gasteiger partial charge in [-0.3, -0.25) is 9.78 Å². The molecule has 0 atom stereocenters. The second-order valence-corrected chi connectivity index (χ2v) is 6.63.